The standard InChI is InChI=1S/C20H17FN2OS.C11H16N2O/c1-13(24)23-11-17(12-23)14-2-4-15(5-3-14)19-10-22-20(25-19)16-6-8-18(21)9-7-16;12-8-11(6-7-11)13-10(14)9-4-2-1-3-5-9/h2-10,17H,11-12H2,1H3;9H,1-7H2,(H,13,14). The summed E-state index contributed by atoms with van der Waals surface area (Å²) in [4.78, 5) is 30.4. The van der Waals surface area contributed by atoms with E-state index < -0.39 is 5.54 Å². The molecule has 2 amide bonds. The van der Waals surface area contributed by atoms with Crippen LogP contribution < -0.4 is 5.32 Å². The van der Waals surface area contributed by atoms with E-state index in [1.807, 2.05) is 11.1 Å². The van der Waals surface area contributed by atoms with Gasteiger partial charge in [-0.05, 0) is 61.1 Å². The first-order valence-electron chi connectivity index (χ1n) is 13.7. The summed E-state index contributed by atoms with van der Waals surface area (Å²) in [5.41, 5.74) is 2.84. The lowest BCUT2D eigenvalue weighted by molar-refractivity contribution is -0.133. The fraction of sp³-hybridized carbons (Fsp3) is 0.419. The molecule has 3 aliphatic rings. The van der Waals surface area contributed by atoms with Crippen LogP contribution in [0.25, 0.3) is 21.0 Å². The van der Waals surface area contributed by atoms with Gasteiger partial charge in [-0.25, -0.2) is 9.37 Å². The Kier molecular flexibility index (Phi) is 8.08. The van der Waals surface area contributed by atoms with Gasteiger partial charge in [-0.2, -0.15) is 5.26 Å². The van der Waals surface area contributed by atoms with Gasteiger partial charge in [0.05, 0.1) is 10.9 Å². The zero-order valence-corrected chi connectivity index (χ0v) is 23.0. The second-order valence-electron chi connectivity index (χ2n) is 10.8. The molecular formula is C31H33FN4O2S. The van der Waals surface area contributed by atoms with Gasteiger partial charge in [-0.15, -0.1) is 11.3 Å². The molecule has 1 aliphatic heterocycles. The highest BCUT2D eigenvalue weighted by atomic mass is 32.1. The van der Waals surface area contributed by atoms with Crippen LogP contribution >= 0.6 is 11.3 Å². The van der Waals surface area contributed by atoms with Gasteiger partial charge >= 0.3 is 0 Å². The van der Waals surface area contributed by atoms with E-state index in [4.69, 9.17) is 5.26 Å². The fourth-order valence-corrected chi connectivity index (χ4v) is 6.02. The minimum Gasteiger partial charge on any atom is -0.342 e. The molecule has 1 aromatic heterocycles. The van der Waals surface area contributed by atoms with Crippen molar-refractivity contribution in [2.45, 2.75) is 63.3 Å². The molecule has 2 saturated carbocycles. The Balaban J connectivity index is 0.000000186. The van der Waals surface area contributed by atoms with E-state index in [2.05, 4.69) is 40.6 Å². The van der Waals surface area contributed by atoms with E-state index in [0.717, 1.165) is 72.6 Å². The van der Waals surface area contributed by atoms with Crippen LogP contribution in [0, 0.1) is 23.1 Å². The van der Waals surface area contributed by atoms with Crippen LogP contribution in [0.3, 0.4) is 0 Å². The van der Waals surface area contributed by atoms with Crippen molar-refractivity contribution < 1.29 is 14.0 Å². The van der Waals surface area contributed by atoms with Gasteiger partial charge < -0.3 is 10.2 Å². The van der Waals surface area contributed by atoms with E-state index in [9.17, 15) is 14.0 Å². The van der Waals surface area contributed by atoms with Crippen LogP contribution in [0.15, 0.2) is 54.7 Å². The average Bonchev–Trinajstić information content (AvgIpc) is 3.52. The second kappa shape index (κ2) is 11.7. The molecule has 6 rings (SSSR count). The predicted octanol–water partition coefficient (Wildman–Crippen LogP) is 6.30. The molecule has 39 heavy (non-hydrogen) atoms. The third kappa shape index (κ3) is 6.54. The summed E-state index contributed by atoms with van der Waals surface area (Å²) in [7, 11) is 0. The van der Waals surface area contributed by atoms with Gasteiger partial charge in [0.2, 0.25) is 11.8 Å². The van der Waals surface area contributed by atoms with Gasteiger partial charge in [0.25, 0.3) is 0 Å². The van der Waals surface area contributed by atoms with Gasteiger partial charge in [-0.1, -0.05) is 43.5 Å². The molecule has 0 bridgehead atoms. The summed E-state index contributed by atoms with van der Waals surface area (Å²) in [6, 6.07) is 17.1. The molecule has 3 fully saturated rings. The second-order valence-corrected chi connectivity index (χ2v) is 11.8. The normalized spacial score (nSPS) is 18.2. The summed E-state index contributed by atoms with van der Waals surface area (Å²) in [5, 5.41) is 12.6. The maximum absolute atomic E-state index is 13.0. The van der Waals surface area contributed by atoms with Crippen molar-refractivity contribution in [2.24, 2.45) is 5.92 Å². The summed E-state index contributed by atoms with van der Waals surface area (Å²) >= 11 is 1.60. The third-order valence-corrected chi connectivity index (χ3v) is 8.99. The first-order chi connectivity index (χ1) is 18.9. The number of nitrogens with one attached hydrogen (secondary N) is 1. The maximum Gasteiger partial charge on any atom is 0.224 e. The molecule has 0 atom stereocenters. The van der Waals surface area contributed by atoms with Gasteiger partial charge in [0.15, 0.2) is 0 Å². The summed E-state index contributed by atoms with van der Waals surface area (Å²) < 4.78 is 13.0. The molecule has 2 aromatic carbocycles. The molecular weight excluding hydrogens is 511 g/mol. The fourth-order valence-electron chi connectivity index (χ4n) is 5.09. The molecule has 2 aliphatic carbocycles. The van der Waals surface area contributed by atoms with E-state index in [-0.39, 0.29) is 23.5 Å². The Morgan fingerprint density at radius 1 is 1.03 bits per heavy atom. The number of hydrogen-bond donors (Lipinski definition) is 1. The summed E-state index contributed by atoms with van der Waals surface area (Å²) in [5.74, 6) is 0.633. The lowest BCUT2D eigenvalue weighted by Crippen LogP contribution is -2.47. The Bertz CT molecular complexity index is 1350. The van der Waals surface area contributed by atoms with Crippen LogP contribution in [0.4, 0.5) is 4.39 Å². The number of benzene rings is 2. The highest BCUT2D eigenvalue weighted by Crippen LogP contribution is 2.36. The topological polar surface area (TPSA) is 86.1 Å². The van der Waals surface area contributed by atoms with Crippen LogP contribution in [-0.2, 0) is 9.59 Å². The predicted molar refractivity (Wildman–Crippen MR) is 150 cm³/mol. The number of halogens is 1. The number of carbonyl (C=O) groups is 2. The largest absolute Gasteiger partial charge is 0.342 e. The van der Waals surface area contributed by atoms with Crippen molar-refractivity contribution in [3.63, 3.8) is 0 Å². The molecule has 8 heteroatoms. The number of nitrogens with zero attached hydrogens (tertiary/aromatic N) is 3. The van der Waals surface area contributed by atoms with Crippen LogP contribution in [0.1, 0.15) is 63.4 Å². The zero-order valence-electron chi connectivity index (χ0n) is 22.2. The quantitative estimate of drug-likeness (QED) is 0.408. The molecule has 0 radical (unpaired) electrons. The molecule has 6 nitrogen and oxygen atoms in total. The monoisotopic (exact) mass is 544 g/mol. The first-order valence-corrected chi connectivity index (χ1v) is 14.5. The number of amides is 2. The summed E-state index contributed by atoms with van der Waals surface area (Å²) in [6.07, 6.45) is 9.13. The molecule has 202 valence electrons. The molecule has 0 spiro atoms. The third-order valence-electron chi connectivity index (χ3n) is 7.89. The Labute approximate surface area is 232 Å². The highest BCUT2D eigenvalue weighted by Gasteiger charge is 2.45. The number of rotatable bonds is 5. The van der Waals surface area contributed by atoms with Crippen molar-refractivity contribution in [1.29, 1.82) is 5.26 Å². The van der Waals surface area contributed by atoms with Gasteiger partial charge in [0, 0.05) is 43.6 Å². The smallest absolute Gasteiger partial charge is 0.224 e. The van der Waals surface area contributed by atoms with Crippen molar-refractivity contribution in [3.05, 3.63) is 66.1 Å². The Morgan fingerprint density at radius 2 is 1.67 bits per heavy atom. The number of carbonyl (C=O) groups excluding carboxylic acids is 2. The number of aromatic nitrogens is 1. The van der Waals surface area contributed by atoms with Crippen LogP contribution in [0.5, 0.6) is 0 Å². The number of likely N-dealkylation sites (tertiary alicyclic amines) is 1. The zero-order chi connectivity index (χ0) is 27.4. The Hall–Kier alpha value is -3.57. The minimum atomic E-state index is -0.478. The van der Waals surface area contributed by atoms with Crippen molar-refractivity contribution in [2.75, 3.05) is 13.1 Å². The van der Waals surface area contributed by atoms with Crippen LogP contribution in [0.2, 0.25) is 0 Å². The van der Waals surface area contributed by atoms with Crippen molar-refractivity contribution in [3.8, 4) is 27.1 Å². The van der Waals surface area contributed by atoms with E-state index in [1.54, 1.807) is 30.4 Å². The van der Waals surface area contributed by atoms with E-state index in [1.165, 1.54) is 24.1 Å². The highest BCUT2D eigenvalue weighted by molar-refractivity contribution is 7.18. The van der Waals surface area contributed by atoms with Crippen LogP contribution in [-0.4, -0.2) is 40.3 Å². The lowest BCUT2D eigenvalue weighted by atomic mass is 9.88. The lowest BCUT2D eigenvalue weighted by Gasteiger charge is -2.39. The van der Waals surface area contributed by atoms with E-state index in [0.29, 0.717) is 5.92 Å². The summed E-state index contributed by atoms with van der Waals surface area (Å²) in [6.45, 7) is 3.23. The van der Waals surface area contributed by atoms with Gasteiger partial charge in [0.1, 0.15) is 16.4 Å². The van der Waals surface area contributed by atoms with E-state index >= 15 is 0 Å². The van der Waals surface area contributed by atoms with Crippen molar-refractivity contribution >= 4 is 23.2 Å². The molecule has 2 heterocycles. The average molecular weight is 545 g/mol. The maximum atomic E-state index is 13.0. The van der Waals surface area contributed by atoms with Gasteiger partial charge in [-0.3, -0.25) is 9.59 Å². The first kappa shape index (κ1) is 27.0. The number of hydrogen-bond acceptors (Lipinski definition) is 5. The molecule has 1 N–H and O–H groups in total. The Morgan fingerprint density at radius 3 is 2.26 bits per heavy atom. The SMILES string of the molecule is CC(=O)N1CC(c2ccc(-c3cnc(-c4ccc(F)cc4)s3)cc2)C1.N#CC1(NC(=O)C2CCCCC2)CC1. The minimum absolute atomic E-state index is 0.115. The number of thiazole rings is 1. The van der Waals surface area contributed by atoms with Crippen molar-refractivity contribution in [1.82, 2.24) is 15.2 Å². The molecule has 0 unspecified atom stereocenters. The number of nitriles is 1. The molecule has 3 aromatic rings. The molecule has 1 saturated heterocycles.